The predicted molar refractivity (Wildman–Crippen MR) is 42.2 cm³/mol. The van der Waals surface area contributed by atoms with Gasteiger partial charge >= 0.3 is 0 Å². The Morgan fingerprint density at radius 3 is 2.82 bits per heavy atom. The van der Waals surface area contributed by atoms with Gasteiger partial charge in [0.2, 0.25) is 0 Å². The van der Waals surface area contributed by atoms with Crippen molar-refractivity contribution in [3.05, 3.63) is 29.3 Å². The molecule has 0 radical (unpaired) electrons. The van der Waals surface area contributed by atoms with Crippen molar-refractivity contribution in [2.45, 2.75) is 6.92 Å². The third-order valence-corrected chi connectivity index (χ3v) is 1.38. The van der Waals surface area contributed by atoms with Crippen LogP contribution in [0.3, 0.4) is 0 Å². The molecule has 0 amide bonds. The number of oxime groups is 1. The fourth-order valence-corrected chi connectivity index (χ4v) is 0.840. The Bertz CT molecular complexity index is 281. The predicted octanol–water partition coefficient (Wildman–Crippen LogP) is 1.51. The van der Waals surface area contributed by atoms with Crippen molar-refractivity contribution in [1.29, 1.82) is 0 Å². The van der Waals surface area contributed by atoms with Gasteiger partial charge in [-0.3, -0.25) is 0 Å². The summed E-state index contributed by atoms with van der Waals surface area (Å²) in [7, 11) is 0. The third kappa shape index (κ3) is 1.70. The van der Waals surface area contributed by atoms with Crippen LogP contribution in [0.15, 0.2) is 23.4 Å². The summed E-state index contributed by atoms with van der Waals surface area (Å²) in [4.78, 5) is 0. The van der Waals surface area contributed by atoms with E-state index >= 15 is 0 Å². The zero-order chi connectivity index (χ0) is 8.27. The van der Waals surface area contributed by atoms with Gasteiger partial charge in [-0.1, -0.05) is 16.8 Å². The van der Waals surface area contributed by atoms with E-state index in [9.17, 15) is 0 Å². The first-order valence-electron chi connectivity index (χ1n) is 3.21. The van der Waals surface area contributed by atoms with Crippen molar-refractivity contribution in [3.8, 4) is 5.75 Å². The van der Waals surface area contributed by atoms with E-state index in [1.165, 1.54) is 6.21 Å². The van der Waals surface area contributed by atoms with Crippen molar-refractivity contribution in [2.75, 3.05) is 0 Å². The normalized spacial score (nSPS) is 10.6. The third-order valence-electron chi connectivity index (χ3n) is 1.38. The van der Waals surface area contributed by atoms with Crippen LogP contribution in [0.25, 0.3) is 0 Å². The standard InChI is InChI=1S/C8H9NO2/c1-6-2-3-8(10)7(4-6)5-9-11/h2-5,10-11H,1H3. The molecule has 2 N–H and O–H groups in total. The van der Waals surface area contributed by atoms with E-state index in [4.69, 9.17) is 10.3 Å². The smallest absolute Gasteiger partial charge is 0.124 e. The molecule has 0 aliphatic heterocycles. The number of nitrogens with zero attached hydrogens (tertiary/aromatic N) is 1. The van der Waals surface area contributed by atoms with E-state index in [-0.39, 0.29) is 5.75 Å². The number of aryl methyl sites for hydroxylation is 1. The Hall–Kier alpha value is -1.51. The van der Waals surface area contributed by atoms with Crippen LogP contribution in [-0.4, -0.2) is 16.5 Å². The van der Waals surface area contributed by atoms with Crippen LogP contribution >= 0.6 is 0 Å². The van der Waals surface area contributed by atoms with Crippen LogP contribution in [0.1, 0.15) is 11.1 Å². The van der Waals surface area contributed by atoms with Gasteiger partial charge in [0, 0.05) is 5.56 Å². The molecule has 0 spiro atoms. The average molecular weight is 151 g/mol. The SMILES string of the molecule is Cc1ccc(O)c(C=NO)c1. The molecule has 1 aromatic rings. The Morgan fingerprint density at radius 1 is 1.45 bits per heavy atom. The van der Waals surface area contributed by atoms with Gasteiger partial charge < -0.3 is 10.3 Å². The summed E-state index contributed by atoms with van der Waals surface area (Å²) in [6.45, 7) is 1.90. The van der Waals surface area contributed by atoms with Crippen molar-refractivity contribution in [1.82, 2.24) is 0 Å². The van der Waals surface area contributed by atoms with Gasteiger partial charge in [-0.25, -0.2) is 0 Å². The highest BCUT2D eigenvalue weighted by Gasteiger charge is 1.96. The second-order valence-corrected chi connectivity index (χ2v) is 2.31. The molecule has 1 aromatic carbocycles. The topological polar surface area (TPSA) is 52.8 Å². The number of hydrogen-bond acceptors (Lipinski definition) is 3. The lowest BCUT2D eigenvalue weighted by Gasteiger charge is -1.97. The van der Waals surface area contributed by atoms with Crippen molar-refractivity contribution >= 4 is 6.21 Å². The number of rotatable bonds is 1. The Morgan fingerprint density at radius 2 is 2.18 bits per heavy atom. The molecule has 3 heteroatoms. The van der Waals surface area contributed by atoms with Crippen molar-refractivity contribution in [3.63, 3.8) is 0 Å². The highest BCUT2D eigenvalue weighted by atomic mass is 16.4. The molecule has 0 aliphatic rings. The summed E-state index contributed by atoms with van der Waals surface area (Å²) in [6, 6.07) is 5.07. The number of aromatic hydroxyl groups is 1. The lowest BCUT2D eigenvalue weighted by Crippen LogP contribution is -1.83. The molecule has 0 fully saturated rings. The fraction of sp³-hybridized carbons (Fsp3) is 0.125. The first-order valence-corrected chi connectivity index (χ1v) is 3.21. The Labute approximate surface area is 64.6 Å². The van der Waals surface area contributed by atoms with Crippen LogP contribution < -0.4 is 0 Å². The summed E-state index contributed by atoms with van der Waals surface area (Å²) in [5.74, 6) is 0.119. The lowest BCUT2D eigenvalue weighted by atomic mass is 10.1. The first kappa shape index (κ1) is 7.60. The minimum atomic E-state index is 0.119. The monoisotopic (exact) mass is 151 g/mol. The molecule has 0 saturated heterocycles. The van der Waals surface area contributed by atoms with E-state index in [1.54, 1.807) is 18.2 Å². The van der Waals surface area contributed by atoms with E-state index < -0.39 is 0 Å². The van der Waals surface area contributed by atoms with Crippen LogP contribution in [0.2, 0.25) is 0 Å². The highest BCUT2D eigenvalue weighted by molar-refractivity contribution is 5.83. The van der Waals surface area contributed by atoms with Gasteiger partial charge in [-0.15, -0.1) is 0 Å². The second kappa shape index (κ2) is 3.05. The second-order valence-electron chi connectivity index (χ2n) is 2.31. The first-order chi connectivity index (χ1) is 5.24. The average Bonchev–Trinajstić information content (AvgIpc) is 1.98. The van der Waals surface area contributed by atoms with Gasteiger partial charge in [-0.05, 0) is 19.1 Å². The molecule has 0 unspecified atom stereocenters. The molecule has 11 heavy (non-hydrogen) atoms. The van der Waals surface area contributed by atoms with Crippen molar-refractivity contribution in [2.24, 2.45) is 5.16 Å². The lowest BCUT2D eigenvalue weighted by molar-refractivity contribution is 0.321. The number of hydrogen-bond donors (Lipinski definition) is 2. The molecule has 0 heterocycles. The molecular formula is C8H9NO2. The molecular weight excluding hydrogens is 142 g/mol. The highest BCUT2D eigenvalue weighted by Crippen LogP contribution is 2.15. The Balaban J connectivity index is 3.12. The quantitative estimate of drug-likeness (QED) is 0.363. The maximum Gasteiger partial charge on any atom is 0.124 e. The minimum Gasteiger partial charge on any atom is -0.507 e. The molecule has 58 valence electrons. The summed E-state index contributed by atoms with van der Waals surface area (Å²) >= 11 is 0. The van der Waals surface area contributed by atoms with Gasteiger partial charge in [0.1, 0.15) is 5.75 Å². The molecule has 0 aromatic heterocycles. The van der Waals surface area contributed by atoms with Crippen LogP contribution in [0.5, 0.6) is 5.75 Å². The zero-order valence-corrected chi connectivity index (χ0v) is 6.15. The van der Waals surface area contributed by atoms with Gasteiger partial charge in [0.15, 0.2) is 0 Å². The van der Waals surface area contributed by atoms with E-state index in [1.807, 2.05) is 6.92 Å². The molecule has 0 saturated carbocycles. The Kier molecular flexibility index (Phi) is 2.11. The fourth-order valence-electron chi connectivity index (χ4n) is 0.840. The van der Waals surface area contributed by atoms with Crippen molar-refractivity contribution < 1.29 is 10.3 Å². The maximum atomic E-state index is 9.16. The van der Waals surface area contributed by atoms with E-state index in [0.29, 0.717) is 5.56 Å². The maximum absolute atomic E-state index is 9.16. The molecule has 0 atom stereocenters. The number of benzene rings is 1. The molecule has 0 aliphatic carbocycles. The van der Waals surface area contributed by atoms with Crippen LogP contribution in [0.4, 0.5) is 0 Å². The van der Waals surface area contributed by atoms with Gasteiger partial charge in [0.25, 0.3) is 0 Å². The van der Waals surface area contributed by atoms with E-state index in [2.05, 4.69) is 5.16 Å². The largest absolute Gasteiger partial charge is 0.507 e. The molecule has 3 nitrogen and oxygen atoms in total. The van der Waals surface area contributed by atoms with Gasteiger partial charge in [0.05, 0.1) is 6.21 Å². The number of phenols is 1. The summed E-state index contributed by atoms with van der Waals surface area (Å²) in [5, 5.41) is 20.2. The van der Waals surface area contributed by atoms with E-state index in [0.717, 1.165) is 5.56 Å². The van der Waals surface area contributed by atoms with Crippen LogP contribution in [0, 0.1) is 6.92 Å². The van der Waals surface area contributed by atoms with Gasteiger partial charge in [-0.2, -0.15) is 0 Å². The molecule has 0 bridgehead atoms. The molecule has 1 rings (SSSR count). The zero-order valence-electron chi connectivity index (χ0n) is 6.15. The summed E-state index contributed by atoms with van der Waals surface area (Å²) in [5.41, 5.74) is 1.53. The van der Waals surface area contributed by atoms with Crippen LogP contribution in [-0.2, 0) is 0 Å². The summed E-state index contributed by atoms with van der Waals surface area (Å²) < 4.78 is 0. The minimum absolute atomic E-state index is 0.119. The number of phenolic OH excluding ortho intramolecular Hbond substituents is 1. The summed E-state index contributed by atoms with van der Waals surface area (Å²) in [6.07, 6.45) is 1.20.